The Morgan fingerprint density at radius 1 is 0.945 bits per heavy atom. The van der Waals surface area contributed by atoms with Crippen molar-refractivity contribution in [2.75, 3.05) is 63.4 Å². The molecular formula is C40H43ClN8O5S. The highest BCUT2D eigenvalue weighted by Gasteiger charge is 2.32. The fraction of sp³-hybridized carbons (Fsp3) is 0.350. The van der Waals surface area contributed by atoms with Gasteiger partial charge in [0.1, 0.15) is 22.7 Å². The van der Waals surface area contributed by atoms with Crippen LogP contribution in [0.5, 0.6) is 0 Å². The summed E-state index contributed by atoms with van der Waals surface area (Å²) in [7, 11) is 0. The molecular weight excluding hydrogens is 740 g/mol. The minimum absolute atomic E-state index is 0.0140. The second kappa shape index (κ2) is 17.6. The van der Waals surface area contributed by atoms with E-state index in [0.717, 1.165) is 61.4 Å². The van der Waals surface area contributed by atoms with Crippen LogP contribution in [0.25, 0.3) is 16.1 Å². The number of thiophene rings is 1. The zero-order valence-electron chi connectivity index (χ0n) is 31.0. The fourth-order valence-corrected chi connectivity index (χ4v) is 7.93. The highest BCUT2D eigenvalue weighted by molar-refractivity contribution is 7.15. The molecule has 0 fully saturated rings. The lowest BCUT2D eigenvalue weighted by atomic mass is 9.99. The van der Waals surface area contributed by atoms with Crippen LogP contribution in [0, 0.1) is 20.8 Å². The summed E-state index contributed by atoms with van der Waals surface area (Å²) in [6.45, 7) is 9.57. The van der Waals surface area contributed by atoms with E-state index >= 15 is 0 Å². The molecule has 0 spiro atoms. The summed E-state index contributed by atoms with van der Waals surface area (Å²) in [4.78, 5) is 35.8. The van der Waals surface area contributed by atoms with Gasteiger partial charge in [-0.1, -0.05) is 35.9 Å². The number of pyridine rings is 1. The summed E-state index contributed by atoms with van der Waals surface area (Å²) >= 11 is 7.89. The average Bonchev–Trinajstić information content (AvgIpc) is 3.81. The Morgan fingerprint density at radius 3 is 2.45 bits per heavy atom. The van der Waals surface area contributed by atoms with Crippen LogP contribution in [0.1, 0.15) is 51.2 Å². The molecule has 3 aromatic heterocycles. The van der Waals surface area contributed by atoms with Gasteiger partial charge in [0, 0.05) is 51.6 Å². The molecule has 0 saturated carbocycles. The lowest BCUT2D eigenvalue weighted by molar-refractivity contribution is -0.121. The molecule has 2 aromatic carbocycles. The molecule has 3 N–H and O–H groups in total. The van der Waals surface area contributed by atoms with Crippen molar-refractivity contribution < 1.29 is 23.8 Å². The lowest BCUT2D eigenvalue weighted by Crippen LogP contribution is -2.29. The van der Waals surface area contributed by atoms with Crippen LogP contribution >= 0.6 is 22.9 Å². The quantitative estimate of drug-likeness (QED) is 0.0961. The molecule has 0 saturated heterocycles. The summed E-state index contributed by atoms with van der Waals surface area (Å²) in [5.74, 6) is 2.00. The summed E-state index contributed by atoms with van der Waals surface area (Å²) in [5, 5.41) is 19.7. The third-order valence-corrected chi connectivity index (χ3v) is 10.9. The van der Waals surface area contributed by atoms with Crippen molar-refractivity contribution in [3.05, 3.63) is 105 Å². The van der Waals surface area contributed by atoms with Gasteiger partial charge in [0.2, 0.25) is 11.8 Å². The normalized spacial score (nSPS) is 14.4. The number of hydrogen-bond acceptors (Lipinski definition) is 11. The molecule has 286 valence electrons. The topological polar surface area (TPSA) is 154 Å². The van der Waals surface area contributed by atoms with Gasteiger partial charge >= 0.3 is 0 Å². The van der Waals surface area contributed by atoms with Gasteiger partial charge in [-0.3, -0.25) is 19.1 Å². The molecule has 2 amide bonds. The molecule has 0 bridgehead atoms. The highest BCUT2D eigenvalue weighted by atomic mass is 35.5. The maximum Gasteiger partial charge on any atom is 0.228 e. The van der Waals surface area contributed by atoms with E-state index in [2.05, 4.69) is 45.0 Å². The number of fused-ring (bicyclic) bond motifs is 4. The minimum atomic E-state index is -0.535. The van der Waals surface area contributed by atoms with Gasteiger partial charge in [-0.25, -0.2) is 4.98 Å². The number of amides is 2. The zero-order valence-corrected chi connectivity index (χ0v) is 32.6. The Labute approximate surface area is 328 Å². The molecule has 2 aliphatic heterocycles. The largest absolute Gasteiger partial charge is 0.377 e. The lowest BCUT2D eigenvalue weighted by Gasteiger charge is -2.13. The maximum atomic E-state index is 13.2. The summed E-state index contributed by atoms with van der Waals surface area (Å²) in [6, 6.07) is 17.0. The Hall–Kier alpha value is -4.99. The molecule has 0 unspecified atom stereocenters. The number of rotatable bonds is 17. The molecule has 55 heavy (non-hydrogen) atoms. The number of anilines is 2. The van der Waals surface area contributed by atoms with E-state index in [0.29, 0.717) is 70.0 Å². The van der Waals surface area contributed by atoms with Gasteiger partial charge < -0.3 is 30.2 Å². The molecule has 1 atom stereocenters. The van der Waals surface area contributed by atoms with Crippen molar-refractivity contribution in [3.8, 4) is 16.1 Å². The van der Waals surface area contributed by atoms with Gasteiger partial charge in [-0.05, 0) is 67.8 Å². The van der Waals surface area contributed by atoms with Crippen molar-refractivity contribution in [3.63, 3.8) is 0 Å². The van der Waals surface area contributed by atoms with Crippen molar-refractivity contribution in [2.45, 2.75) is 39.7 Å². The molecule has 5 heterocycles. The smallest absolute Gasteiger partial charge is 0.228 e. The number of hydrogen-bond donors (Lipinski definition) is 3. The third-order valence-electron chi connectivity index (χ3n) is 9.44. The fourth-order valence-electron chi connectivity index (χ4n) is 6.59. The predicted molar refractivity (Wildman–Crippen MR) is 214 cm³/mol. The van der Waals surface area contributed by atoms with Crippen LogP contribution < -0.4 is 16.0 Å². The van der Waals surface area contributed by atoms with Gasteiger partial charge in [0.15, 0.2) is 5.82 Å². The van der Waals surface area contributed by atoms with Crippen LogP contribution in [0.4, 0.5) is 11.5 Å². The number of benzene rings is 2. The SMILES string of the molecule is Cc1sc2c(c1C)C(c1ccc(Cl)cc1)=N[C@@H](CC(=O)NCCOCCOCCOCCNc1ncccc1-c1ccc3c(c1)NC(=O)C3)c1nnc(C)n1-2. The van der Waals surface area contributed by atoms with Crippen molar-refractivity contribution in [1.82, 2.24) is 25.1 Å². The molecule has 2 aliphatic rings. The predicted octanol–water partition coefficient (Wildman–Crippen LogP) is 6.02. The minimum Gasteiger partial charge on any atom is -0.377 e. The van der Waals surface area contributed by atoms with Crippen molar-refractivity contribution >= 4 is 52.0 Å². The van der Waals surface area contributed by atoms with E-state index in [9.17, 15) is 9.59 Å². The number of nitrogens with zero attached hydrogens (tertiary/aromatic N) is 5. The first-order valence-electron chi connectivity index (χ1n) is 18.2. The average molecular weight is 783 g/mol. The van der Waals surface area contributed by atoms with E-state index in [1.807, 2.05) is 66.1 Å². The number of nitrogens with one attached hydrogen (secondary N) is 3. The number of aromatic nitrogens is 4. The van der Waals surface area contributed by atoms with Gasteiger partial charge in [0.25, 0.3) is 0 Å². The standard InChI is InChI=1S/C40H43ClN8O5S/c1-24-25(2)55-40-36(24)37(27-8-10-30(41)11-9-27)46-33(39-48-47-26(3)49(39)40)23-34(50)42-13-15-52-17-19-54-20-18-53-16-14-44-38-31(5-4-12-43-38)28-6-7-29-22-35(51)45-32(29)21-28/h4-12,21,33H,13-20,22-23H2,1-3H3,(H,42,50)(H,43,44)(H,45,51)/t33-/m0/s1. The first kappa shape index (κ1) is 38.3. The summed E-state index contributed by atoms with van der Waals surface area (Å²) in [5.41, 5.74) is 7.69. The van der Waals surface area contributed by atoms with Gasteiger partial charge in [0.05, 0.1) is 58.2 Å². The number of aliphatic imine (C=N–C) groups is 1. The van der Waals surface area contributed by atoms with E-state index in [4.69, 9.17) is 30.8 Å². The van der Waals surface area contributed by atoms with Crippen LogP contribution in [0.15, 0.2) is 65.8 Å². The Kier molecular flexibility index (Phi) is 12.3. The molecule has 15 heteroatoms. The van der Waals surface area contributed by atoms with Crippen molar-refractivity contribution in [1.29, 1.82) is 0 Å². The van der Waals surface area contributed by atoms with Crippen LogP contribution in [0.2, 0.25) is 5.02 Å². The Balaban J connectivity index is 0.802. The second-order valence-corrected chi connectivity index (χ2v) is 14.9. The Bertz CT molecular complexity index is 2200. The van der Waals surface area contributed by atoms with Gasteiger partial charge in [-0.15, -0.1) is 21.5 Å². The van der Waals surface area contributed by atoms with Gasteiger partial charge in [-0.2, -0.15) is 0 Å². The number of aryl methyl sites for hydroxylation is 2. The summed E-state index contributed by atoms with van der Waals surface area (Å²) < 4.78 is 19.1. The third kappa shape index (κ3) is 8.95. The van der Waals surface area contributed by atoms with Crippen molar-refractivity contribution in [2.24, 2.45) is 4.99 Å². The van der Waals surface area contributed by atoms with E-state index in [-0.39, 0.29) is 18.2 Å². The van der Waals surface area contributed by atoms with E-state index < -0.39 is 6.04 Å². The molecule has 13 nitrogen and oxygen atoms in total. The van der Waals surface area contributed by atoms with Crippen LogP contribution in [0.3, 0.4) is 0 Å². The second-order valence-electron chi connectivity index (χ2n) is 13.2. The van der Waals surface area contributed by atoms with Crippen LogP contribution in [-0.2, 0) is 30.2 Å². The monoisotopic (exact) mass is 782 g/mol. The number of carbonyl (C=O) groups excluding carboxylic acids is 2. The van der Waals surface area contributed by atoms with E-state index in [1.165, 1.54) is 4.88 Å². The number of carbonyl (C=O) groups is 2. The number of halogens is 1. The Morgan fingerprint density at radius 2 is 1.67 bits per heavy atom. The molecule has 0 aliphatic carbocycles. The number of ether oxygens (including phenoxy) is 3. The van der Waals surface area contributed by atoms with Crippen LogP contribution in [-0.4, -0.2) is 90.0 Å². The summed E-state index contributed by atoms with van der Waals surface area (Å²) in [6.07, 6.45) is 2.27. The molecule has 5 aromatic rings. The zero-order chi connectivity index (χ0) is 38.3. The highest BCUT2D eigenvalue weighted by Crippen LogP contribution is 2.39. The molecule has 7 rings (SSSR count). The first-order chi connectivity index (χ1) is 26.8. The first-order valence-corrected chi connectivity index (χ1v) is 19.4. The molecule has 0 radical (unpaired) electrons. The van der Waals surface area contributed by atoms with E-state index in [1.54, 1.807) is 17.5 Å². The maximum absolute atomic E-state index is 13.2.